The third kappa shape index (κ3) is 13.3. The molecule has 11 heteroatoms. The van der Waals surface area contributed by atoms with E-state index in [1.165, 1.54) is 6.08 Å². The van der Waals surface area contributed by atoms with Gasteiger partial charge in [0.15, 0.2) is 0 Å². The normalized spacial score (nSPS) is 11.8. The van der Waals surface area contributed by atoms with Gasteiger partial charge in [-0.05, 0) is 12.5 Å². The minimum Gasteiger partial charge on any atom is -0.480 e. The maximum absolute atomic E-state index is 11.5. The molecule has 0 saturated carbocycles. The minimum atomic E-state index is -1.22. The van der Waals surface area contributed by atoms with Crippen molar-refractivity contribution in [3.8, 4) is 0 Å². The monoisotopic (exact) mass is 363 g/mol. The Morgan fingerprint density at radius 3 is 2.17 bits per heavy atom. The maximum atomic E-state index is 11.5. The summed E-state index contributed by atoms with van der Waals surface area (Å²) in [6.07, 6.45) is 1.60. The zero-order chi connectivity index (χ0) is 19.1. The third-order valence-corrected chi connectivity index (χ3v) is 2.71. The minimum absolute atomic E-state index is 0.0256. The average Bonchev–Trinajstić information content (AvgIpc) is 2.55. The molecule has 0 saturated heterocycles. The summed E-state index contributed by atoms with van der Waals surface area (Å²) >= 11 is 3.87. The molecule has 0 radical (unpaired) electrons. The Labute approximate surface area is 143 Å². The van der Waals surface area contributed by atoms with Crippen molar-refractivity contribution in [1.82, 2.24) is 10.6 Å². The largest absolute Gasteiger partial charge is 0.480 e. The van der Waals surface area contributed by atoms with Crippen LogP contribution in [-0.2, 0) is 24.0 Å². The van der Waals surface area contributed by atoms with Crippen LogP contribution in [0.2, 0.25) is 0 Å². The van der Waals surface area contributed by atoms with E-state index in [4.69, 9.17) is 20.7 Å². The Morgan fingerprint density at radius 1 is 1.25 bits per heavy atom. The van der Waals surface area contributed by atoms with Gasteiger partial charge in [-0.3, -0.25) is 24.0 Å². The van der Waals surface area contributed by atoms with Crippen LogP contribution >= 0.6 is 12.6 Å². The van der Waals surface area contributed by atoms with Crippen molar-refractivity contribution in [1.29, 1.82) is 0 Å². The summed E-state index contributed by atoms with van der Waals surface area (Å²) in [6.45, 7) is 2.54. The van der Waals surface area contributed by atoms with E-state index >= 15 is 0 Å². The number of thiol groups is 1. The molecule has 0 aliphatic heterocycles. The SMILES string of the molecule is C=CC=O.N[C@@H](CCC(=O)N[C@@H](CS)C(=O)NCC(=O)O)C(=O)O. The van der Waals surface area contributed by atoms with Crippen molar-refractivity contribution in [2.24, 2.45) is 5.73 Å². The highest BCUT2D eigenvalue weighted by Crippen LogP contribution is 1.97. The molecule has 0 aliphatic carbocycles. The molecule has 0 heterocycles. The molecule has 6 N–H and O–H groups in total. The highest BCUT2D eigenvalue weighted by molar-refractivity contribution is 7.80. The first-order chi connectivity index (χ1) is 11.2. The summed E-state index contributed by atoms with van der Waals surface area (Å²) in [7, 11) is 0. The molecule has 136 valence electrons. The fourth-order valence-electron chi connectivity index (χ4n) is 1.16. The Balaban J connectivity index is 0. The molecule has 24 heavy (non-hydrogen) atoms. The summed E-state index contributed by atoms with van der Waals surface area (Å²) in [5.74, 6) is -3.70. The van der Waals surface area contributed by atoms with E-state index in [2.05, 4.69) is 29.8 Å². The summed E-state index contributed by atoms with van der Waals surface area (Å²) in [4.78, 5) is 52.8. The molecule has 0 unspecified atom stereocenters. The summed E-state index contributed by atoms with van der Waals surface area (Å²) in [6, 6.07) is -2.15. The van der Waals surface area contributed by atoms with Crippen molar-refractivity contribution >= 4 is 42.7 Å². The second kappa shape index (κ2) is 14.2. The van der Waals surface area contributed by atoms with Crippen LogP contribution in [-0.4, -0.2) is 64.6 Å². The van der Waals surface area contributed by atoms with Crippen LogP contribution in [0.25, 0.3) is 0 Å². The van der Waals surface area contributed by atoms with Crippen molar-refractivity contribution < 1.29 is 34.2 Å². The lowest BCUT2D eigenvalue weighted by molar-refractivity contribution is -0.139. The molecule has 2 atom stereocenters. The molecule has 2 amide bonds. The van der Waals surface area contributed by atoms with E-state index < -0.39 is 42.4 Å². The van der Waals surface area contributed by atoms with Crippen LogP contribution < -0.4 is 16.4 Å². The Kier molecular flexibility index (Phi) is 14.1. The number of carbonyl (C=O) groups excluding carboxylic acids is 3. The molecule has 0 aliphatic rings. The van der Waals surface area contributed by atoms with Gasteiger partial charge >= 0.3 is 11.9 Å². The number of nitrogens with one attached hydrogen (secondary N) is 2. The van der Waals surface area contributed by atoms with Crippen LogP contribution in [0.15, 0.2) is 12.7 Å². The van der Waals surface area contributed by atoms with Crippen LogP contribution in [0.1, 0.15) is 12.8 Å². The quantitative estimate of drug-likeness (QED) is 0.149. The van der Waals surface area contributed by atoms with Crippen molar-refractivity contribution in [2.45, 2.75) is 24.9 Å². The molecule has 0 bridgehead atoms. The second-order valence-electron chi connectivity index (χ2n) is 4.27. The molecule has 0 aromatic carbocycles. The maximum Gasteiger partial charge on any atom is 0.322 e. The average molecular weight is 363 g/mol. The number of aliphatic carboxylic acids is 2. The number of carboxylic acid groups (broad SMARTS) is 2. The van der Waals surface area contributed by atoms with Crippen molar-refractivity contribution in [3.05, 3.63) is 12.7 Å². The van der Waals surface area contributed by atoms with Crippen LogP contribution in [0.5, 0.6) is 0 Å². The number of carbonyl (C=O) groups is 5. The van der Waals surface area contributed by atoms with Gasteiger partial charge in [0.25, 0.3) is 0 Å². The number of hydrogen-bond donors (Lipinski definition) is 6. The number of rotatable bonds is 10. The van der Waals surface area contributed by atoms with Gasteiger partial charge in [-0.15, -0.1) is 0 Å². The number of aldehydes is 1. The van der Waals surface area contributed by atoms with Gasteiger partial charge in [0.05, 0.1) is 0 Å². The lowest BCUT2D eigenvalue weighted by atomic mass is 10.1. The molecule has 10 nitrogen and oxygen atoms in total. The van der Waals surface area contributed by atoms with Crippen LogP contribution in [0.4, 0.5) is 0 Å². The Hall–Kier alpha value is -2.40. The summed E-state index contributed by atoms with van der Waals surface area (Å²) in [5, 5.41) is 21.4. The lowest BCUT2D eigenvalue weighted by Gasteiger charge is -2.16. The zero-order valence-corrected chi connectivity index (χ0v) is 13.7. The number of allylic oxidation sites excluding steroid dienone is 1. The lowest BCUT2D eigenvalue weighted by Crippen LogP contribution is -2.49. The summed E-state index contributed by atoms with van der Waals surface area (Å²) in [5.41, 5.74) is 5.23. The van der Waals surface area contributed by atoms with Gasteiger partial charge in [-0.2, -0.15) is 12.6 Å². The van der Waals surface area contributed by atoms with Crippen LogP contribution in [0.3, 0.4) is 0 Å². The Morgan fingerprint density at radius 2 is 1.79 bits per heavy atom. The third-order valence-electron chi connectivity index (χ3n) is 2.34. The van der Waals surface area contributed by atoms with E-state index in [1.54, 1.807) is 0 Å². The standard InChI is InChI=1S/C10H17N3O6S.C3H4O/c11-5(10(18)19)1-2-7(14)13-6(4-20)9(17)12-3-8(15)16;1-2-3-4/h5-6,20H,1-4,11H2,(H,12,17)(H,13,14)(H,15,16)(H,18,19);2-3H,1H2/t5-,6-;/m0./s1. The van der Waals surface area contributed by atoms with Gasteiger partial charge in [0.2, 0.25) is 11.8 Å². The zero-order valence-electron chi connectivity index (χ0n) is 12.8. The predicted octanol–water partition coefficient (Wildman–Crippen LogP) is -1.83. The molecule has 0 aromatic rings. The molecule has 0 rings (SSSR count). The van der Waals surface area contributed by atoms with E-state index in [9.17, 15) is 19.2 Å². The van der Waals surface area contributed by atoms with Crippen molar-refractivity contribution in [3.63, 3.8) is 0 Å². The second-order valence-corrected chi connectivity index (χ2v) is 4.63. The first-order valence-electron chi connectivity index (χ1n) is 6.63. The van der Waals surface area contributed by atoms with Gasteiger partial charge < -0.3 is 26.6 Å². The van der Waals surface area contributed by atoms with Gasteiger partial charge in [0, 0.05) is 12.2 Å². The number of carboxylic acids is 2. The molecule has 0 spiro atoms. The van der Waals surface area contributed by atoms with E-state index in [1.807, 2.05) is 0 Å². The molecular weight excluding hydrogens is 342 g/mol. The van der Waals surface area contributed by atoms with Gasteiger partial charge in [-0.25, -0.2) is 0 Å². The molecule has 0 aromatic heterocycles. The van der Waals surface area contributed by atoms with Gasteiger partial charge in [0.1, 0.15) is 24.9 Å². The fraction of sp³-hybridized carbons (Fsp3) is 0.462. The number of hydrogen-bond acceptors (Lipinski definition) is 7. The summed E-state index contributed by atoms with van der Waals surface area (Å²) < 4.78 is 0. The molecular formula is C13H21N3O7S. The highest BCUT2D eigenvalue weighted by atomic mass is 32.1. The topological polar surface area (TPSA) is 176 Å². The smallest absolute Gasteiger partial charge is 0.322 e. The first-order valence-corrected chi connectivity index (χ1v) is 7.27. The van der Waals surface area contributed by atoms with E-state index in [0.29, 0.717) is 6.29 Å². The predicted molar refractivity (Wildman–Crippen MR) is 87.5 cm³/mol. The highest BCUT2D eigenvalue weighted by Gasteiger charge is 2.20. The van der Waals surface area contributed by atoms with Gasteiger partial charge in [-0.1, -0.05) is 6.58 Å². The van der Waals surface area contributed by atoms with E-state index in [-0.39, 0.29) is 18.6 Å². The number of amides is 2. The number of nitrogens with two attached hydrogens (primary N) is 1. The van der Waals surface area contributed by atoms with Crippen LogP contribution in [0, 0.1) is 0 Å². The van der Waals surface area contributed by atoms with Crippen molar-refractivity contribution in [2.75, 3.05) is 12.3 Å². The first kappa shape index (κ1) is 23.9. The van der Waals surface area contributed by atoms with E-state index in [0.717, 1.165) is 0 Å². The fourth-order valence-corrected chi connectivity index (χ4v) is 1.41. The Bertz CT molecular complexity index is 464. The molecule has 0 fully saturated rings.